The zero-order chi connectivity index (χ0) is 22.8. The lowest BCUT2D eigenvalue weighted by atomic mass is 9.90. The minimum Gasteiger partial charge on any atom is -0.361 e. The van der Waals surface area contributed by atoms with Crippen LogP contribution < -0.4 is 10.9 Å². The van der Waals surface area contributed by atoms with E-state index >= 15 is 0 Å². The lowest BCUT2D eigenvalue weighted by Crippen LogP contribution is -2.58. The first-order chi connectivity index (χ1) is 15.3. The van der Waals surface area contributed by atoms with Gasteiger partial charge in [0, 0.05) is 17.0 Å². The number of hydrogen-bond donors (Lipinski definition) is 2. The van der Waals surface area contributed by atoms with Crippen molar-refractivity contribution < 1.29 is 19.1 Å². The van der Waals surface area contributed by atoms with Crippen LogP contribution in [0.4, 0.5) is 0 Å². The molecule has 32 heavy (non-hydrogen) atoms. The van der Waals surface area contributed by atoms with Crippen LogP contribution in [-0.2, 0) is 19.1 Å². The molecule has 3 atom stereocenters. The number of carbonyl (C=O) groups is 3. The van der Waals surface area contributed by atoms with Gasteiger partial charge in [-0.2, -0.15) is 0 Å². The van der Waals surface area contributed by atoms with Gasteiger partial charge in [0.1, 0.15) is 18.8 Å². The van der Waals surface area contributed by atoms with E-state index in [1.807, 2.05) is 24.3 Å². The summed E-state index contributed by atoms with van der Waals surface area (Å²) in [6.07, 6.45) is 1.10. The van der Waals surface area contributed by atoms with Crippen LogP contribution in [0, 0.1) is 5.92 Å². The Morgan fingerprint density at radius 2 is 1.75 bits per heavy atom. The normalized spacial score (nSPS) is 21.7. The number of hydrogen-bond acceptors (Lipinski definition) is 4. The number of morpholine rings is 1. The molecule has 3 amide bonds. The quantitative estimate of drug-likeness (QED) is 0.646. The highest BCUT2D eigenvalue weighted by Gasteiger charge is 2.49. The molecule has 1 aliphatic heterocycles. The molecule has 7 nitrogen and oxygen atoms in total. The summed E-state index contributed by atoms with van der Waals surface area (Å²) >= 11 is 12.3. The summed E-state index contributed by atoms with van der Waals surface area (Å²) in [5, 5.41) is 1.11. The SMILES string of the molecule is CC(=O)NNC(=O)C(C1CC1)N1C(=O)COC(c2cccc(Cl)c2)C1c1ccc(Cl)cc1. The molecule has 168 valence electrons. The van der Waals surface area contributed by atoms with Crippen LogP contribution in [0.2, 0.25) is 10.0 Å². The molecule has 0 radical (unpaired) electrons. The van der Waals surface area contributed by atoms with Gasteiger partial charge in [-0.25, -0.2) is 0 Å². The second-order valence-electron chi connectivity index (χ2n) is 8.04. The number of nitrogens with zero attached hydrogens (tertiary/aromatic N) is 1. The maximum Gasteiger partial charge on any atom is 0.261 e. The van der Waals surface area contributed by atoms with Crippen LogP contribution in [0.5, 0.6) is 0 Å². The highest BCUT2D eigenvalue weighted by atomic mass is 35.5. The van der Waals surface area contributed by atoms with E-state index in [4.69, 9.17) is 27.9 Å². The molecule has 1 saturated carbocycles. The van der Waals surface area contributed by atoms with Crippen LogP contribution in [0.15, 0.2) is 48.5 Å². The Morgan fingerprint density at radius 1 is 1.03 bits per heavy atom. The van der Waals surface area contributed by atoms with E-state index in [0.29, 0.717) is 10.0 Å². The van der Waals surface area contributed by atoms with Crippen LogP contribution in [0.1, 0.15) is 43.0 Å². The van der Waals surface area contributed by atoms with Crippen LogP contribution >= 0.6 is 23.2 Å². The molecule has 0 aromatic heterocycles. The van der Waals surface area contributed by atoms with E-state index in [0.717, 1.165) is 24.0 Å². The number of rotatable bonds is 5. The van der Waals surface area contributed by atoms with Crippen molar-refractivity contribution in [3.8, 4) is 0 Å². The third kappa shape index (κ3) is 4.90. The van der Waals surface area contributed by atoms with Crippen molar-refractivity contribution in [2.24, 2.45) is 5.92 Å². The van der Waals surface area contributed by atoms with Crippen LogP contribution in [0.3, 0.4) is 0 Å². The van der Waals surface area contributed by atoms with Crippen molar-refractivity contribution in [2.45, 2.75) is 38.0 Å². The molecule has 2 aliphatic rings. The number of benzene rings is 2. The van der Waals surface area contributed by atoms with Gasteiger partial charge < -0.3 is 9.64 Å². The Balaban J connectivity index is 1.77. The lowest BCUT2D eigenvalue weighted by molar-refractivity contribution is -0.168. The number of hydrazine groups is 1. The Labute approximate surface area is 196 Å². The number of carbonyl (C=O) groups excluding carboxylic acids is 3. The molecule has 3 unspecified atom stereocenters. The topological polar surface area (TPSA) is 87.7 Å². The average molecular weight is 476 g/mol. The fraction of sp³-hybridized carbons (Fsp3) is 0.348. The van der Waals surface area contributed by atoms with Crippen molar-refractivity contribution in [3.05, 3.63) is 69.7 Å². The van der Waals surface area contributed by atoms with Crippen molar-refractivity contribution in [1.29, 1.82) is 0 Å². The predicted molar refractivity (Wildman–Crippen MR) is 120 cm³/mol. The van der Waals surface area contributed by atoms with Gasteiger partial charge in [0.05, 0.1) is 6.04 Å². The largest absolute Gasteiger partial charge is 0.361 e. The Kier molecular flexibility index (Phi) is 6.69. The minimum atomic E-state index is -0.749. The molecule has 4 rings (SSSR count). The monoisotopic (exact) mass is 475 g/mol. The molecule has 2 aromatic rings. The molecule has 1 heterocycles. The summed E-state index contributed by atoms with van der Waals surface area (Å²) in [4.78, 5) is 39.2. The van der Waals surface area contributed by atoms with Gasteiger partial charge in [-0.15, -0.1) is 0 Å². The third-order valence-electron chi connectivity index (χ3n) is 5.65. The number of amides is 3. The fourth-order valence-corrected chi connectivity index (χ4v) is 4.44. The zero-order valence-corrected chi connectivity index (χ0v) is 18.9. The molecule has 1 aliphatic carbocycles. The molecule has 0 spiro atoms. The highest BCUT2D eigenvalue weighted by Crippen LogP contribution is 2.46. The predicted octanol–water partition coefficient (Wildman–Crippen LogP) is 3.58. The van der Waals surface area contributed by atoms with Crippen molar-refractivity contribution in [3.63, 3.8) is 0 Å². The van der Waals surface area contributed by atoms with Gasteiger partial charge in [0.2, 0.25) is 11.8 Å². The lowest BCUT2D eigenvalue weighted by Gasteiger charge is -2.45. The van der Waals surface area contributed by atoms with Gasteiger partial charge in [-0.1, -0.05) is 47.5 Å². The fourth-order valence-electron chi connectivity index (χ4n) is 4.12. The standard InChI is InChI=1S/C23H23Cl2N3O4/c1-13(29)26-27-23(31)21(15-5-6-15)28-19(30)12-32-22(16-3-2-4-18(25)11-16)20(28)14-7-9-17(24)10-8-14/h2-4,7-11,15,20-22H,5-6,12H2,1H3,(H,26,29)(H,27,31). The summed E-state index contributed by atoms with van der Waals surface area (Å²) < 4.78 is 6.00. The van der Waals surface area contributed by atoms with Crippen molar-refractivity contribution >= 4 is 40.9 Å². The summed E-state index contributed by atoms with van der Waals surface area (Å²) in [6.45, 7) is 1.13. The number of ether oxygens (including phenoxy) is 1. The van der Waals surface area contributed by atoms with E-state index in [9.17, 15) is 14.4 Å². The maximum atomic E-state index is 13.2. The second-order valence-corrected chi connectivity index (χ2v) is 8.91. The molecule has 2 aromatic carbocycles. The minimum absolute atomic E-state index is 0.000574. The van der Waals surface area contributed by atoms with Crippen LogP contribution in [-0.4, -0.2) is 35.3 Å². The molecule has 2 fully saturated rings. The first kappa shape index (κ1) is 22.6. The Morgan fingerprint density at radius 3 is 2.38 bits per heavy atom. The van der Waals surface area contributed by atoms with E-state index in [1.165, 1.54) is 6.92 Å². The number of nitrogens with one attached hydrogen (secondary N) is 2. The summed E-state index contributed by atoms with van der Waals surface area (Å²) in [5.41, 5.74) is 6.36. The maximum absolute atomic E-state index is 13.2. The van der Waals surface area contributed by atoms with E-state index in [1.54, 1.807) is 29.2 Å². The molecule has 2 N–H and O–H groups in total. The molecular weight excluding hydrogens is 453 g/mol. The summed E-state index contributed by atoms with van der Waals surface area (Å²) in [7, 11) is 0. The van der Waals surface area contributed by atoms with E-state index < -0.39 is 30.0 Å². The summed E-state index contributed by atoms with van der Waals surface area (Å²) in [6, 6.07) is 13.1. The van der Waals surface area contributed by atoms with Gasteiger partial charge in [-0.05, 0) is 54.2 Å². The highest BCUT2D eigenvalue weighted by molar-refractivity contribution is 6.30. The Hall–Kier alpha value is -2.61. The second kappa shape index (κ2) is 9.48. The van der Waals surface area contributed by atoms with Crippen LogP contribution in [0.25, 0.3) is 0 Å². The van der Waals surface area contributed by atoms with Gasteiger partial charge in [0.15, 0.2) is 0 Å². The van der Waals surface area contributed by atoms with Crippen molar-refractivity contribution in [2.75, 3.05) is 6.61 Å². The van der Waals surface area contributed by atoms with E-state index in [2.05, 4.69) is 10.9 Å². The molecule has 1 saturated heterocycles. The van der Waals surface area contributed by atoms with Crippen molar-refractivity contribution in [1.82, 2.24) is 15.8 Å². The number of halogens is 2. The molecule has 0 bridgehead atoms. The molecule has 9 heteroatoms. The Bertz CT molecular complexity index is 1030. The first-order valence-electron chi connectivity index (χ1n) is 10.4. The van der Waals surface area contributed by atoms with Gasteiger partial charge in [-0.3, -0.25) is 25.2 Å². The third-order valence-corrected chi connectivity index (χ3v) is 6.14. The zero-order valence-electron chi connectivity index (χ0n) is 17.4. The summed E-state index contributed by atoms with van der Waals surface area (Å²) in [5.74, 6) is -1.12. The first-order valence-corrected chi connectivity index (χ1v) is 11.1. The van der Waals surface area contributed by atoms with Gasteiger partial charge >= 0.3 is 0 Å². The van der Waals surface area contributed by atoms with Gasteiger partial charge in [0.25, 0.3) is 5.91 Å². The van der Waals surface area contributed by atoms with E-state index in [-0.39, 0.29) is 18.4 Å². The molecular formula is C23H23Cl2N3O4. The average Bonchev–Trinajstić information content (AvgIpc) is 3.59. The smallest absolute Gasteiger partial charge is 0.261 e.